The molecule has 144 valence electrons. The summed E-state index contributed by atoms with van der Waals surface area (Å²) in [5, 5.41) is 12.7. The number of carbonyl (C=O) groups is 2. The number of rotatable bonds is 6. The molecule has 0 radical (unpaired) electrons. The number of anilines is 2. The maximum absolute atomic E-state index is 12.3. The molecular formula is C19H26N6O2. The second-order valence-corrected chi connectivity index (χ2v) is 6.81. The third-order valence-corrected chi connectivity index (χ3v) is 4.79. The molecule has 27 heavy (non-hydrogen) atoms. The Labute approximate surface area is 158 Å². The van der Waals surface area contributed by atoms with Crippen LogP contribution in [0.5, 0.6) is 0 Å². The molecule has 8 nitrogen and oxygen atoms in total. The summed E-state index contributed by atoms with van der Waals surface area (Å²) in [5.41, 5.74) is 1.30. The van der Waals surface area contributed by atoms with Crippen LogP contribution in [0.15, 0.2) is 30.6 Å². The predicted octanol–water partition coefficient (Wildman–Crippen LogP) is 3.31. The number of hydrogen-bond acceptors (Lipinski definition) is 4. The zero-order valence-electron chi connectivity index (χ0n) is 15.7. The largest absolute Gasteiger partial charge is 0.328 e. The molecular weight excluding hydrogens is 344 g/mol. The van der Waals surface area contributed by atoms with Gasteiger partial charge in [-0.15, -0.1) is 0 Å². The number of benzene rings is 1. The molecule has 0 saturated heterocycles. The third-order valence-electron chi connectivity index (χ3n) is 4.79. The van der Waals surface area contributed by atoms with Gasteiger partial charge in [0.2, 0.25) is 5.91 Å². The van der Waals surface area contributed by atoms with Crippen molar-refractivity contribution in [3.05, 3.63) is 36.4 Å². The minimum atomic E-state index is -0.340. The second-order valence-electron chi connectivity index (χ2n) is 6.81. The number of aryl methyl sites for hydroxylation is 1. The smallest absolute Gasteiger partial charge is 0.319 e. The Morgan fingerprint density at radius 3 is 2.63 bits per heavy atom. The van der Waals surface area contributed by atoms with Crippen LogP contribution in [0.1, 0.15) is 51.4 Å². The lowest BCUT2D eigenvalue weighted by atomic mass is 10.1. The number of urea groups is 1. The van der Waals surface area contributed by atoms with Gasteiger partial charge in [-0.3, -0.25) is 4.79 Å². The third kappa shape index (κ3) is 4.84. The monoisotopic (exact) mass is 370 g/mol. The van der Waals surface area contributed by atoms with Crippen LogP contribution in [0.3, 0.4) is 0 Å². The first-order valence-corrected chi connectivity index (χ1v) is 9.43. The average Bonchev–Trinajstić information content (AvgIpc) is 3.33. The highest BCUT2D eigenvalue weighted by Gasteiger charge is 2.22. The van der Waals surface area contributed by atoms with Gasteiger partial charge in [0.05, 0.1) is 6.04 Å². The van der Waals surface area contributed by atoms with Crippen molar-refractivity contribution in [1.29, 1.82) is 0 Å². The Balaban J connectivity index is 1.57. The molecule has 1 heterocycles. The Hall–Kier alpha value is -2.90. The van der Waals surface area contributed by atoms with Crippen molar-refractivity contribution >= 4 is 23.3 Å². The van der Waals surface area contributed by atoms with Crippen LogP contribution >= 0.6 is 0 Å². The van der Waals surface area contributed by atoms with Gasteiger partial charge >= 0.3 is 6.03 Å². The van der Waals surface area contributed by atoms with E-state index in [4.69, 9.17) is 0 Å². The maximum Gasteiger partial charge on any atom is 0.319 e. The molecule has 0 spiro atoms. The Morgan fingerprint density at radius 2 is 1.93 bits per heavy atom. The van der Waals surface area contributed by atoms with E-state index in [1.165, 1.54) is 6.33 Å². The van der Waals surface area contributed by atoms with Crippen molar-refractivity contribution in [2.75, 3.05) is 10.6 Å². The molecule has 1 aromatic heterocycles. The van der Waals surface area contributed by atoms with Gasteiger partial charge in [0.25, 0.3) is 0 Å². The first-order valence-electron chi connectivity index (χ1n) is 9.43. The van der Waals surface area contributed by atoms with Crippen molar-refractivity contribution in [2.45, 2.75) is 52.1 Å². The molecule has 3 rings (SSSR count). The molecule has 0 bridgehead atoms. The normalized spacial score (nSPS) is 15.3. The van der Waals surface area contributed by atoms with Crippen LogP contribution in [-0.4, -0.2) is 26.7 Å². The van der Waals surface area contributed by atoms with Gasteiger partial charge in [0.1, 0.15) is 12.2 Å². The fraction of sp³-hybridized carbons (Fsp3) is 0.474. The van der Waals surface area contributed by atoms with E-state index in [1.807, 2.05) is 19.9 Å². The van der Waals surface area contributed by atoms with E-state index < -0.39 is 0 Å². The van der Waals surface area contributed by atoms with Gasteiger partial charge in [-0.05, 0) is 44.9 Å². The highest BCUT2D eigenvalue weighted by Crippen LogP contribution is 2.26. The number of amides is 3. The van der Waals surface area contributed by atoms with Gasteiger partial charge in [-0.2, -0.15) is 5.10 Å². The Bertz CT molecular complexity index is 797. The van der Waals surface area contributed by atoms with Gasteiger partial charge < -0.3 is 16.0 Å². The summed E-state index contributed by atoms with van der Waals surface area (Å²) in [6.07, 6.45) is 5.61. The number of hydrogen-bond donors (Lipinski definition) is 3. The van der Waals surface area contributed by atoms with Crippen LogP contribution in [0.25, 0.3) is 0 Å². The Kier molecular flexibility index (Phi) is 6.05. The molecule has 1 aromatic carbocycles. The van der Waals surface area contributed by atoms with E-state index in [1.54, 1.807) is 22.9 Å². The quantitative estimate of drug-likeness (QED) is 0.726. The highest BCUT2D eigenvalue weighted by molar-refractivity contribution is 5.94. The molecule has 3 N–H and O–H groups in total. The summed E-state index contributed by atoms with van der Waals surface area (Å²) in [5.74, 6) is 0.855. The first kappa shape index (κ1) is 18.9. The molecule has 1 atom stereocenters. The van der Waals surface area contributed by atoms with Crippen molar-refractivity contribution in [1.82, 2.24) is 20.1 Å². The van der Waals surface area contributed by atoms with Crippen LogP contribution in [0, 0.1) is 5.92 Å². The molecule has 1 fully saturated rings. The molecule has 1 saturated carbocycles. The fourth-order valence-electron chi connectivity index (χ4n) is 3.39. The van der Waals surface area contributed by atoms with Gasteiger partial charge in [-0.1, -0.05) is 18.9 Å². The van der Waals surface area contributed by atoms with Gasteiger partial charge in [0.15, 0.2) is 0 Å². The van der Waals surface area contributed by atoms with Crippen molar-refractivity contribution in [2.24, 2.45) is 5.92 Å². The van der Waals surface area contributed by atoms with Crippen LogP contribution in [0.2, 0.25) is 0 Å². The summed E-state index contributed by atoms with van der Waals surface area (Å²) in [4.78, 5) is 28.7. The molecule has 8 heteroatoms. The fourth-order valence-corrected chi connectivity index (χ4v) is 3.39. The van der Waals surface area contributed by atoms with Crippen molar-refractivity contribution in [3.63, 3.8) is 0 Å². The molecule has 1 aliphatic rings. The van der Waals surface area contributed by atoms with E-state index in [2.05, 4.69) is 26.0 Å². The zero-order chi connectivity index (χ0) is 19.2. The van der Waals surface area contributed by atoms with Crippen LogP contribution < -0.4 is 16.0 Å². The second kappa shape index (κ2) is 8.66. The van der Waals surface area contributed by atoms with E-state index in [9.17, 15) is 9.59 Å². The number of nitrogens with zero attached hydrogens (tertiary/aromatic N) is 3. The maximum atomic E-state index is 12.3. The highest BCUT2D eigenvalue weighted by atomic mass is 16.2. The molecule has 1 aliphatic carbocycles. The first-order chi connectivity index (χ1) is 13.1. The number of nitrogens with one attached hydrogen (secondary N) is 3. The van der Waals surface area contributed by atoms with E-state index in [0.717, 1.165) is 25.7 Å². The lowest BCUT2D eigenvalue weighted by Crippen LogP contribution is -2.32. The minimum absolute atomic E-state index is 0.0571. The number of aromatic nitrogens is 3. The summed E-state index contributed by atoms with van der Waals surface area (Å²) in [6, 6.07) is 6.54. The van der Waals surface area contributed by atoms with Crippen molar-refractivity contribution in [3.8, 4) is 0 Å². The molecule has 0 aliphatic heterocycles. The molecule has 2 aromatic rings. The van der Waals surface area contributed by atoms with E-state index >= 15 is 0 Å². The summed E-state index contributed by atoms with van der Waals surface area (Å²) in [6.45, 7) is 4.51. The van der Waals surface area contributed by atoms with E-state index in [0.29, 0.717) is 23.7 Å². The topological polar surface area (TPSA) is 101 Å². The predicted molar refractivity (Wildman–Crippen MR) is 103 cm³/mol. The van der Waals surface area contributed by atoms with Crippen LogP contribution in [0.4, 0.5) is 16.2 Å². The zero-order valence-corrected chi connectivity index (χ0v) is 15.7. The van der Waals surface area contributed by atoms with Crippen molar-refractivity contribution < 1.29 is 9.59 Å². The Morgan fingerprint density at radius 1 is 1.22 bits per heavy atom. The summed E-state index contributed by atoms with van der Waals surface area (Å²) in [7, 11) is 0. The number of carbonyl (C=O) groups excluding carboxylic acids is 2. The van der Waals surface area contributed by atoms with Gasteiger partial charge in [0, 0.05) is 23.8 Å². The SMILES string of the molecule is CCn1ncnc1C(C)NC(=O)Nc1cccc(NC(=O)C2CCCC2)c1. The summed E-state index contributed by atoms with van der Waals surface area (Å²) >= 11 is 0. The minimum Gasteiger partial charge on any atom is -0.328 e. The van der Waals surface area contributed by atoms with Crippen LogP contribution in [-0.2, 0) is 11.3 Å². The lowest BCUT2D eigenvalue weighted by molar-refractivity contribution is -0.119. The van der Waals surface area contributed by atoms with Gasteiger partial charge in [-0.25, -0.2) is 14.5 Å². The summed E-state index contributed by atoms with van der Waals surface area (Å²) < 4.78 is 1.74. The molecule has 1 unspecified atom stereocenters. The molecule has 3 amide bonds. The lowest BCUT2D eigenvalue weighted by Gasteiger charge is -2.15. The standard InChI is InChI=1S/C19H26N6O2/c1-3-25-17(20-12-21-25)13(2)22-19(27)24-16-10-6-9-15(11-16)23-18(26)14-7-4-5-8-14/h6,9-14H,3-5,7-8H2,1-2H3,(H,23,26)(H2,22,24,27). The average molecular weight is 370 g/mol. The van der Waals surface area contributed by atoms with E-state index in [-0.39, 0.29) is 23.9 Å².